The van der Waals surface area contributed by atoms with E-state index in [4.69, 9.17) is 0 Å². The fourth-order valence-electron chi connectivity index (χ4n) is 6.90. The van der Waals surface area contributed by atoms with Gasteiger partial charge in [-0.05, 0) is 60.2 Å². The molecule has 16 heavy (non-hydrogen) atoms. The molecule has 5 atom stereocenters. The highest BCUT2D eigenvalue weighted by atomic mass is 14.9. The van der Waals surface area contributed by atoms with Crippen LogP contribution in [-0.4, -0.2) is 0 Å². The predicted octanol–water partition coefficient (Wildman–Crippen LogP) is 4.78. The van der Waals surface area contributed by atoms with Crippen molar-refractivity contribution in [3.63, 3.8) is 0 Å². The van der Waals surface area contributed by atoms with Crippen LogP contribution in [0.3, 0.4) is 0 Å². The van der Waals surface area contributed by atoms with E-state index in [1.807, 2.05) is 0 Å². The molecule has 0 nitrogen and oxygen atoms in total. The third-order valence-corrected chi connectivity index (χ3v) is 7.73. The van der Waals surface area contributed by atoms with Gasteiger partial charge in [0.1, 0.15) is 0 Å². The Bertz CT molecular complexity index is 333. The first-order valence-electron chi connectivity index (χ1n) is 7.65. The maximum Gasteiger partial charge on any atom is -0.0148 e. The first-order chi connectivity index (χ1) is 7.65. The Kier molecular flexibility index (Phi) is 1.68. The Hall–Kier alpha value is 0. The molecule has 4 aliphatic carbocycles. The van der Waals surface area contributed by atoms with E-state index >= 15 is 0 Å². The van der Waals surface area contributed by atoms with Gasteiger partial charge in [-0.3, -0.25) is 0 Å². The average Bonchev–Trinajstić information content (AvgIpc) is 2.85. The van der Waals surface area contributed by atoms with Crippen LogP contribution >= 0.6 is 0 Å². The molecule has 0 aromatic carbocycles. The summed E-state index contributed by atoms with van der Waals surface area (Å²) >= 11 is 0. The van der Waals surface area contributed by atoms with Crippen LogP contribution in [0.25, 0.3) is 0 Å². The van der Waals surface area contributed by atoms with Crippen molar-refractivity contribution >= 4 is 0 Å². The van der Waals surface area contributed by atoms with Crippen LogP contribution in [0.15, 0.2) is 0 Å². The van der Waals surface area contributed by atoms with Gasteiger partial charge in [-0.2, -0.15) is 0 Å². The van der Waals surface area contributed by atoms with Crippen LogP contribution in [0.1, 0.15) is 71.6 Å². The predicted molar refractivity (Wildman–Crippen MR) is 67.2 cm³/mol. The lowest BCUT2D eigenvalue weighted by Gasteiger charge is -2.61. The van der Waals surface area contributed by atoms with Gasteiger partial charge in [0.25, 0.3) is 0 Å². The van der Waals surface area contributed by atoms with Crippen molar-refractivity contribution in [3.8, 4) is 0 Å². The second kappa shape index (κ2) is 2.70. The molecule has 0 aromatic rings. The van der Waals surface area contributed by atoms with Gasteiger partial charge >= 0.3 is 0 Å². The molecule has 5 unspecified atom stereocenters. The Morgan fingerprint density at radius 3 is 2.12 bits per heavy atom. The summed E-state index contributed by atoms with van der Waals surface area (Å²) in [6.45, 7) is 5.32. The van der Waals surface area contributed by atoms with Gasteiger partial charge in [-0.15, -0.1) is 0 Å². The van der Waals surface area contributed by atoms with E-state index in [1.165, 1.54) is 25.7 Å². The highest BCUT2D eigenvalue weighted by Crippen LogP contribution is 2.90. The quantitative estimate of drug-likeness (QED) is 0.549. The third kappa shape index (κ3) is 0.782. The molecular weight excluding hydrogens is 192 g/mol. The molecule has 4 saturated carbocycles. The molecule has 0 bridgehead atoms. The lowest BCUT2D eigenvalue weighted by molar-refractivity contribution is -0.120. The molecule has 4 fully saturated rings. The average molecular weight is 218 g/mol. The number of rotatable bonds is 0. The monoisotopic (exact) mass is 218 g/mol. The smallest absolute Gasteiger partial charge is 0.0148 e. The second-order valence-corrected chi connectivity index (χ2v) is 7.75. The van der Waals surface area contributed by atoms with E-state index in [0.717, 1.165) is 28.1 Å². The highest BCUT2D eigenvalue weighted by Gasteiger charge is 2.84. The fraction of sp³-hybridized carbons (Fsp3) is 1.00. The SMILES string of the molecule is CC12CCCCC1CC21C2CCCCC21C. The minimum Gasteiger partial charge on any atom is -0.0588 e. The van der Waals surface area contributed by atoms with Crippen molar-refractivity contribution in [2.75, 3.05) is 0 Å². The molecule has 90 valence electrons. The fourth-order valence-corrected chi connectivity index (χ4v) is 6.90. The van der Waals surface area contributed by atoms with E-state index in [2.05, 4.69) is 13.8 Å². The Balaban J connectivity index is 1.70. The topological polar surface area (TPSA) is 0 Å². The zero-order chi connectivity index (χ0) is 11.0. The van der Waals surface area contributed by atoms with Crippen LogP contribution in [-0.2, 0) is 0 Å². The molecule has 0 heterocycles. The van der Waals surface area contributed by atoms with E-state index < -0.39 is 0 Å². The molecule has 0 heteroatoms. The number of hydrogen-bond acceptors (Lipinski definition) is 0. The standard InChI is InChI=1S/C16H26/c1-14-9-5-3-7-12(14)11-16(14)13-8-4-6-10-15(13,16)2/h12-13H,3-11H2,1-2H3. The molecule has 1 spiro atoms. The first-order valence-corrected chi connectivity index (χ1v) is 7.65. The van der Waals surface area contributed by atoms with Crippen molar-refractivity contribution < 1.29 is 0 Å². The molecule has 0 radical (unpaired) electrons. The van der Waals surface area contributed by atoms with Gasteiger partial charge < -0.3 is 0 Å². The van der Waals surface area contributed by atoms with E-state index in [1.54, 1.807) is 32.1 Å². The maximum atomic E-state index is 2.67. The van der Waals surface area contributed by atoms with Crippen LogP contribution in [0, 0.1) is 28.1 Å². The van der Waals surface area contributed by atoms with E-state index in [-0.39, 0.29) is 0 Å². The minimum absolute atomic E-state index is 0.773. The molecule has 0 aromatic heterocycles. The van der Waals surface area contributed by atoms with Gasteiger partial charge in [-0.1, -0.05) is 39.5 Å². The summed E-state index contributed by atoms with van der Waals surface area (Å²) in [5, 5.41) is 0. The lowest BCUT2D eigenvalue weighted by Crippen LogP contribution is -2.53. The number of hydrogen-bond donors (Lipinski definition) is 0. The summed E-state index contributed by atoms with van der Waals surface area (Å²) < 4.78 is 0. The summed E-state index contributed by atoms with van der Waals surface area (Å²) in [4.78, 5) is 0. The van der Waals surface area contributed by atoms with Gasteiger partial charge in [0, 0.05) is 0 Å². The molecule has 0 saturated heterocycles. The third-order valence-electron chi connectivity index (χ3n) is 7.73. The molecule has 0 aliphatic heterocycles. The minimum atomic E-state index is 0.773. The summed E-state index contributed by atoms with van der Waals surface area (Å²) in [5.74, 6) is 2.25. The largest absolute Gasteiger partial charge is 0.0588 e. The van der Waals surface area contributed by atoms with Crippen molar-refractivity contribution in [3.05, 3.63) is 0 Å². The van der Waals surface area contributed by atoms with Gasteiger partial charge in [0.15, 0.2) is 0 Å². The van der Waals surface area contributed by atoms with E-state index in [0.29, 0.717) is 0 Å². The van der Waals surface area contributed by atoms with Crippen LogP contribution in [0.4, 0.5) is 0 Å². The number of fused-ring (bicyclic) bond motifs is 5. The van der Waals surface area contributed by atoms with Crippen molar-refractivity contribution in [1.29, 1.82) is 0 Å². The molecule has 0 amide bonds. The zero-order valence-corrected chi connectivity index (χ0v) is 11.0. The Labute approximate surface area is 100 Å². The highest BCUT2D eigenvalue weighted by molar-refractivity contribution is 5.32. The summed E-state index contributed by atoms with van der Waals surface area (Å²) in [6.07, 6.45) is 14.0. The summed E-state index contributed by atoms with van der Waals surface area (Å²) in [5.41, 5.74) is 2.39. The van der Waals surface area contributed by atoms with Gasteiger partial charge in [0.2, 0.25) is 0 Å². The van der Waals surface area contributed by atoms with Crippen LogP contribution < -0.4 is 0 Å². The van der Waals surface area contributed by atoms with Gasteiger partial charge in [-0.25, -0.2) is 0 Å². The molecule has 0 N–H and O–H groups in total. The Morgan fingerprint density at radius 1 is 0.812 bits per heavy atom. The summed E-state index contributed by atoms with van der Waals surface area (Å²) in [7, 11) is 0. The molecule has 4 aliphatic rings. The van der Waals surface area contributed by atoms with Crippen molar-refractivity contribution in [2.24, 2.45) is 28.1 Å². The van der Waals surface area contributed by atoms with E-state index in [9.17, 15) is 0 Å². The van der Waals surface area contributed by atoms with Gasteiger partial charge in [0.05, 0.1) is 0 Å². The van der Waals surface area contributed by atoms with Crippen LogP contribution in [0.2, 0.25) is 0 Å². The molecule has 4 rings (SSSR count). The molecular formula is C16H26. The summed E-state index contributed by atoms with van der Waals surface area (Å²) in [6, 6.07) is 0. The first kappa shape index (κ1) is 9.97. The van der Waals surface area contributed by atoms with Crippen molar-refractivity contribution in [1.82, 2.24) is 0 Å². The second-order valence-electron chi connectivity index (χ2n) is 7.75. The zero-order valence-electron chi connectivity index (χ0n) is 11.0. The normalized spacial score (nSPS) is 63.4. The lowest BCUT2D eigenvalue weighted by atomic mass is 9.44. The Morgan fingerprint density at radius 2 is 1.50 bits per heavy atom. The van der Waals surface area contributed by atoms with Crippen molar-refractivity contribution in [2.45, 2.75) is 71.6 Å². The van der Waals surface area contributed by atoms with Crippen LogP contribution in [0.5, 0.6) is 0 Å². The maximum absolute atomic E-state index is 2.67.